The molecule has 2 rings (SSSR count). The minimum Gasteiger partial charge on any atom is -0.338 e. The Morgan fingerprint density at radius 1 is 1.47 bits per heavy atom. The molecule has 19 heavy (non-hydrogen) atoms. The number of rotatable bonds is 4. The first-order valence-corrected chi connectivity index (χ1v) is 6.90. The Morgan fingerprint density at radius 2 is 2.26 bits per heavy atom. The van der Waals surface area contributed by atoms with Gasteiger partial charge in [-0.1, -0.05) is 18.6 Å². The van der Waals surface area contributed by atoms with Gasteiger partial charge in [0, 0.05) is 19.1 Å². The van der Waals surface area contributed by atoms with Crippen LogP contribution in [0.3, 0.4) is 0 Å². The highest BCUT2D eigenvalue weighted by molar-refractivity contribution is 5.79. The fraction of sp³-hybridized carbons (Fsp3) is 0.533. The molecule has 0 saturated heterocycles. The Labute approximate surface area is 113 Å². The van der Waals surface area contributed by atoms with Crippen LogP contribution in [-0.2, 0) is 11.3 Å². The number of benzene rings is 1. The number of carbonyl (C=O) groups is 1. The van der Waals surface area contributed by atoms with Crippen LogP contribution in [0.2, 0.25) is 0 Å². The van der Waals surface area contributed by atoms with Crippen LogP contribution in [0.25, 0.3) is 0 Å². The number of carbonyl (C=O) groups excluding carboxylic acids is 1. The van der Waals surface area contributed by atoms with E-state index >= 15 is 0 Å². The van der Waals surface area contributed by atoms with E-state index in [1.807, 2.05) is 13.0 Å². The number of hydrogen-bond acceptors (Lipinski definition) is 2. The third-order valence-corrected chi connectivity index (χ3v) is 3.84. The summed E-state index contributed by atoms with van der Waals surface area (Å²) in [6.07, 6.45) is 2.82. The van der Waals surface area contributed by atoms with Crippen molar-refractivity contribution in [2.24, 2.45) is 11.7 Å². The lowest BCUT2D eigenvalue weighted by Crippen LogP contribution is -2.41. The van der Waals surface area contributed by atoms with Crippen molar-refractivity contribution >= 4 is 5.91 Å². The second kappa shape index (κ2) is 6.15. The normalized spacial score (nSPS) is 22.5. The predicted molar refractivity (Wildman–Crippen MR) is 72.8 cm³/mol. The lowest BCUT2D eigenvalue weighted by Gasteiger charge is -2.26. The van der Waals surface area contributed by atoms with Crippen LogP contribution in [0.15, 0.2) is 24.3 Å². The van der Waals surface area contributed by atoms with Crippen LogP contribution in [-0.4, -0.2) is 23.4 Å². The summed E-state index contributed by atoms with van der Waals surface area (Å²) in [6, 6.07) is 6.38. The van der Waals surface area contributed by atoms with Gasteiger partial charge in [-0.3, -0.25) is 4.79 Å². The van der Waals surface area contributed by atoms with E-state index in [1.54, 1.807) is 11.0 Å². The van der Waals surface area contributed by atoms with Gasteiger partial charge in [0.25, 0.3) is 0 Å². The number of nitrogens with two attached hydrogens (primary N) is 1. The molecule has 0 radical (unpaired) electrons. The third kappa shape index (κ3) is 3.32. The lowest BCUT2D eigenvalue weighted by molar-refractivity contribution is -0.136. The Balaban J connectivity index is 2.05. The molecule has 2 atom stereocenters. The first-order valence-electron chi connectivity index (χ1n) is 6.90. The number of hydrogen-bond donors (Lipinski definition) is 1. The molecule has 2 N–H and O–H groups in total. The number of amides is 1. The van der Waals surface area contributed by atoms with Crippen molar-refractivity contribution in [1.82, 2.24) is 4.90 Å². The predicted octanol–water partition coefficient (Wildman–Crippen LogP) is 2.30. The quantitative estimate of drug-likeness (QED) is 0.907. The molecule has 0 spiro atoms. The molecule has 1 amide bonds. The van der Waals surface area contributed by atoms with Gasteiger partial charge in [0.2, 0.25) is 5.91 Å². The molecule has 3 nitrogen and oxygen atoms in total. The summed E-state index contributed by atoms with van der Waals surface area (Å²) < 4.78 is 13.2. The highest BCUT2D eigenvalue weighted by Gasteiger charge is 2.32. The van der Waals surface area contributed by atoms with Gasteiger partial charge in [0.05, 0.1) is 5.92 Å². The summed E-state index contributed by atoms with van der Waals surface area (Å²) in [5.41, 5.74) is 6.80. The van der Waals surface area contributed by atoms with E-state index in [0.717, 1.165) is 24.8 Å². The van der Waals surface area contributed by atoms with Crippen LogP contribution in [0.5, 0.6) is 0 Å². The van der Waals surface area contributed by atoms with E-state index in [0.29, 0.717) is 13.1 Å². The molecule has 104 valence electrons. The zero-order valence-electron chi connectivity index (χ0n) is 11.3. The zero-order valence-corrected chi connectivity index (χ0v) is 11.3. The monoisotopic (exact) mass is 264 g/mol. The SMILES string of the molecule is CCN(Cc1cccc(F)c1)C(=O)[C@@H]1CCC[C@@H]1N. The first kappa shape index (κ1) is 14.0. The Morgan fingerprint density at radius 3 is 2.84 bits per heavy atom. The molecule has 0 unspecified atom stereocenters. The van der Waals surface area contributed by atoms with E-state index in [2.05, 4.69) is 0 Å². The summed E-state index contributed by atoms with van der Waals surface area (Å²) in [4.78, 5) is 14.2. The molecule has 0 aliphatic heterocycles. The van der Waals surface area contributed by atoms with Gasteiger partial charge < -0.3 is 10.6 Å². The van der Waals surface area contributed by atoms with Gasteiger partial charge in [0.1, 0.15) is 5.82 Å². The third-order valence-electron chi connectivity index (χ3n) is 3.84. The van der Waals surface area contributed by atoms with Crippen molar-refractivity contribution in [2.45, 2.75) is 38.8 Å². The van der Waals surface area contributed by atoms with Gasteiger partial charge in [-0.2, -0.15) is 0 Å². The van der Waals surface area contributed by atoms with Crippen LogP contribution in [0.1, 0.15) is 31.7 Å². The maximum Gasteiger partial charge on any atom is 0.227 e. The molecule has 1 aromatic rings. The first-order chi connectivity index (χ1) is 9.11. The van der Waals surface area contributed by atoms with Crippen LogP contribution in [0.4, 0.5) is 4.39 Å². The van der Waals surface area contributed by atoms with E-state index in [1.165, 1.54) is 12.1 Å². The summed E-state index contributed by atoms with van der Waals surface area (Å²) in [5, 5.41) is 0. The van der Waals surface area contributed by atoms with Gasteiger partial charge in [-0.25, -0.2) is 4.39 Å². The topological polar surface area (TPSA) is 46.3 Å². The highest BCUT2D eigenvalue weighted by atomic mass is 19.1. The second-order valence-corrected chi connectivity index (χ2v) is 5.18. The summed E-state index contributed by atoms with van der Waals surface area (Å²) in [5.74, 6) is -0.219. The van der Waals surface area contributed by atoms with Crippen molar-refractivity contribution in [1.29, 1.82) is 0 Å². The average Bonchev–Trinajstić information content (AvgIpc) is 2.81. The van der Waals surface area contributed by atoms with Crippen molar-refractivity contribution in [3.63, 3.8) is 0 Å². The van der Waals surface area contributed by atoms with E-state index in [4.69, 9.17) is 5.73 Å². The smallest absolute Gasteiger partial charge is 0.227 e. The van der Waals surface area contributed by atoms with Crippen molar-refractivity contribution in [3.05, 3.63) is 35.6 Å². The molecule has 0 bridgehead atoms. The van der Waals surface area contributed by atoms with Gasteiger partial charge in [-0.15, -0.1) is 0 Å². The summed E-state index contributed by atoms with van der Waals surface area (Å²) in [7, 11) is 0. The maximum atomic E-state index is 13.2. The fourth-order valence-corrected chi connectivity index (χ4v) is 2.73. The highest BCUT2D eigenvalue weighted by Crippen LogP contribution is 2.26. The van der Waals surface area contributed by atoms with Crippen molar-refractivity contribution in [2.75, 3.05) is 6.54 Å². The maximum absolute atomic E-state index is 13.2. The van der Waals surface area contributed by atoms with Crippen LogP contribution in [0, 0.1) is 11.7 Å². The lowest BCUT2D eigenvalue weighted by atomic mass is 10.0. The molecule has 1 aliphatic carbocycles. The molecule has 0 aromatic heterocycles. The van der Waals surface area contributed by atoms with Crippen LogP contribution < -0.4 is 5.73 Å². The van der Waals surface area contributed by atoms with Gasteiger partial charge in [-0.05, 0) is 37.5 Å². The van der Waals surface area contributed by atoms with Gasteiger partial charge >= 0.3 is 0 Å². The summed E-state index contributed by atoms with van der Waals surface area (Å²) >= 11 is 0. The Hall–Kier alpha value is -1.42. The molecule has 1 aliphatic rings. The van der Waals surface area contributed by atoms with Gasteiger partial charge in [0.15, 0.2) is 0 Å². The van der Waals surface area contributed by atoms with E-state index in [-0.39, 0.29) is 23.7 Å². The Kier molecular flexibility index (Phi) is 4.53. The standard InChI is InChI=1S/C15H21FN2O/c1-2-18(10-11-5-3-6-12(16)9-11)15(19)13-7-4-8-14(13)17/h3,5-6,9,13-14H,2,4,7-8,10,17H2,1H3/t13-,14+/m1/s1. The fourth-order valence-electron chi connectivity index (χ4n) is 2.73. The number of halogens is 1. The molecular weight excluding hydrogens is 243 g/mol. The molecule has 4 heteroatoms. The van der Waals surface area contributed by atoms with Crippen molar-refractivity contribution < 1.29 is 9.18 Å². The van der Waals surface area contributed by atoms with Crippen molar-refractivity contribution in [3.8, 4) is 0 Å². The minimum absolute atomic E-state index is 0.0194. The largest absolute Gasteiger partial charge is 0.338 e. The summed E-state index contributed by atoms with van der Waals surface area (Å²) in [6.45, 7) is 3.02. The van der Waals surface area contributed by atoms with E-state index in [9.17, 15) is 9.18 Å². The molecule has 0 heterocycles. The van der Waals surface area contributed by atoms with E-state index < -0.39 is 0 Å². The number of nitrogens with zero attached hydrogens (tertiary/aromatic N) is 1. The molecule has 1 fully saturated rings. The zero-order chi connectivity index (χ0) is 13.8. The Bertz CT molecular complexity index is 450. The average molecular weight is 264 g/mol. The molecular formula is C15H21FN2O. The molecule has 1 aromatic carbocycles. The van der Waals surface area contributed by atoms with Crippen LogP contribution >= 0.6 is 0 Å². The second-order valence-electron chi connectivity index (χ2n) is 5.18. The minimum atomic E-state index is -0.265. The molecule has 1 saturated carbocycles.